The summed E-state index contributed by atoms with van der Waals surface area (Å²) >= 11 is 0. The Morgan fingerprint density at radius 3 is 2.28 bits per heavy atom. The van der Waals surface area contributed by atoms with Crippen LogP contribution in [0.25, 0.3) is 0 Å². The first-order valence-corrected chi connectivity index (χ1v) is 6.68. The van der Waals surface area contributed by atoms with Crippen LogP contribution in [-0.4, -0.2) is 20.4 Å². The van der Waals surface area contributed by atoms with Gasteiger partial charge in [-0.1, -0.05) is 18.2 Å². The van der Waals surface area contributed by atoms with E-state index in [0.29, 0.717) is 5.69 Å². The normalized spacial score (nSPS) is 11.2. The number of para-hydroxylation sites is 1. The lowest BCUT2D eigenvalue weighted by Crippen LogP contribution is -2.27. The molecule has 0 aliphatic carbocycles. The number of rotatable bonds is 3. The van der Waals surface area contributed by atoms with Crippen LogP contribution in [0.4, 0.5) is 5.69 Å². The Labute approximate surface area is 105 Å². The number of H-pyrrole nitrogens is 1. The highest BCUT2D eigenvalue weighted by Crippen LogP contribution is 2.20. The van der Waals surface area contributed by atoms with Gasteiger partial charge in [0.25, 0.3) is 10.0 Å². The summed E-state index contributed by atoms with van der Waals surface area (Å²) in [5.74, 6) is 0. The van der Waals surface area contributed by atoms with Gasteiger partial charge in [0.1, 0.15) is 4.90 Å². The number of nitrogens with one attached hydrogen (secondary N) is 1. The maximum atomic E-state index is 12.2. The molecule has 0 unspecified atom stereocenters. The summed E-state index contributed by atoms with van der Waals surface area (Å²) < 4.78 is 25.7. The van der Waals surface area contributed by atoms with Gasteiger partial charge in [0.15, 0.2) is 0 Å². The first kappa shape index (κ1) is 12.4. The van der Waals surface area contributed by atoms with Crippen molar-refractivity contribution < 1.29 is 8.42 Å². The second kappa shape index (κ2) is 4.66. The molecule has 0 amide bonds. The van der Waals surface area contributed by atoms with Gasteiger partial charge >= 0.3 is 0 Å². The zero-order chi connectivity index (χ0) is 13.2. The summed E-state index contributed by atoms with van der Waals surface area (Å²) in [6, 6.07) is 11.2. The smallest absolute Gasteiger partial charge is 0.265 e. The molecule has 0 radical (unpaired) electrons. The average molecular weight is 264 g/mol. The van der Waals surface area contributed by atoms with Crippen LogP contribution in [0.3, 0.4) is 0 Å². The van der Waals surface area contributed by atoms with E-state index in [0.717, 1.165) is 0 Å². The molecule has 0 fully saturated rings. The second-order valence-corrected chi connectivity index (χ2v) is 5.67. The van der Waals surface area contributed by atoms with Gasteiger partial charge in [0, 0.05) is 19.3 Å². The number of nitrogens with zero attached hydrogens (tertiary/aromatic N) is 1. The summed E-state index contributed by atoms with van der Waals surface area (Å²) in [5.41, 5.74) is 0.222. The maximum absolute atomic E-state index is 12.2. The third-order valence-corrected chi connectivity index (χ3v) is 4.32. The molecule has 0 aliphatic heterocycles. The summed E-state index contributed by atoms with van der Waals surface area (Å²) in [4.78, 5) is 13.3. The van der Waals surface area contributed by atoms with Gasteiger partial charge in [0.2, 0.25) is 5.56 Å². The Morgan fingerprint density at radius 1 is 1.06 bits per heavy atom. The van der Waals surface area contributed by atoms with E-state index in [2.05, 4.69) is 4.98 Å². The van der Waals surface area contributed by atoms with Crippen molar-refractivity contribution >= 4 is 15.7 Å². The summed E-state index contributed by atoms with van der Waals surface area (Å²) in [5, 5.41) is 0. The molecule has 0 saturated carbocycles. The lowest BCUT2D eigenvalue weighted by Gasteiger charge is -2.19. The van der Waals surface area contributed by atoms with Gasteiger partial charge < -0.3 is 4.98 Å². The third kappa shape index (κ3) is 2.28. The minimum atomic E-state index is -3.65. The van der Waals surface area contributed by atoms with Gasteiger partial charge in [-0.3, -0.25) is 9.10 Å². The van der Waals surface area contributed by atoms with Crippen LogP contribution in [-0.2, 0) is 10.0 Å². The van der Waals surface area contributed by atoms with Crippen LogP contribution in [0.15, 0.2) is 58.4 Å². The van der Waals surface area contributed by atoms with Gasteiger partial charge in [0.05, 0.1) is 5.69 Å². The number of hydrogen-bond acceptors (Lipinski definition) is 3. The van der Waals surface area contributed by atoms with E-state index in [1.165, 1.54) is 29.7 Å². The lowest BCUT2D eigenvalue weighted by atomic mass is 10.3. The molecule has 0 bridgehead atoms. The quantitative estimate of drug-likeness (QED) is 0.905. The molecule has 94 valence electrons. The minimum absolute atomic E-state index is 0.0495. The summed E-state index contributed by atoms with van der Waals surface area (Å²) in [6.07, 6.45) is 1.19. The summed E-state index contributed by atoms with van der Waals surface area (Å²) in [7, 11) is -2.18. The monoisotopic (exact) mass is 264 g/mol. The van der Waals surface area contributed by atoms with Crippen molar-refractivity contribution in [1.29, 1.82) is 0 Å². The number of aromatic nitrogens is 1. The minimum Gasteiger partial charge on any atom is -0.328 e. The van der Waals surface area contributed by atoms with Gasteiger partial charge in [-0.15, -0.1) is 0 Å². The Kier molecular flexibility index (Phi) is 3.20. The predicted octanol–water partition coefficient (Wildman–Crippen LogP) is 1.20. The van der Waals surface area contributed by atoms with Crippen LogP contribution in [0.1, 0.15) is 0 Å². The van der Waals surface area contributed by atoms with E-state index < -0.39 is 10.0 Å². The molecule has 1 heterocycles. The maximum Gasteiger partial charge on any atom is 0.265 e. The van der Waals surface area contributed by atoms with E-state index in [1.54, 1.807) is 24.3 Å². The van der Waals surface area contributed by atoms with Crippen molar-refractivity contribution in [3.05, 3.63) is 59.0 Å². The zero-order valence-corrected chi connectivity index (χ0v) is 10.5. The third-order valence-electron chi connectivity index (χ3n) is 2.53. The number of benzene rings is 1. The molecule has 2 aromatic rings. The molecular formula is C12H12N2O3S. The van der Waals surface area contributed by atoms with Gasteiger partial charge in [-0.2, -0.15) is 0 Å². The highest BCUT2D eigenvalue weighted by atomic mass is 32.2. The van der Waals surface area contributed by atoms with Crippen molar-refractivity contribution in [2.45, 2.75) is 4.90 Å². The van der Waals surface area contributed by atoms with Crippen molar-refractivity contribution in [2.24, 2.45) is 0 Å². The molecule has 0 saturated heterocycles. The first-order chi connectivity index (χ1) is 8.51. The molecule has 18 heavy (non-hydrogen) atoms. The lowest BCUT2D eigenvalue weighted by molar-refractivity contribution is 0.594. The number of pyridine rings is 1. The second-order valence-electron chi connectivity index (χ2n) is 3.70. The van der Waals surface area contributed by atoms with Crippen LogP contribution < -0.4 is 9.86 Å². The number of hydrogen-bond donors (Lipinski definition) is 1. The van der Waals surface area contributed by atoms with Crippen molar-refractivity contribution in [1.82, 2.24) is 4.98 Å². The van der Waals surface area contributed by atoms with E-state index in [9.17, 15) is 13.2 Å². The Balaban J connectivity index is 2.43. The SMILES string of the molecule is CN(c1ccccc1)S(=O)(=O)c1ccc(=O)[nH]c1. The summed E-state index contributed by atoms with van der Waals surface area (Å²) in [6.45, 7) is 0. The van der Waals surface area contributed by atoms with Crippen LogP contribution in [0.5, 0.6) is 0 Å². The molecule has 5 nitrogen and oxygen atoms in total. The standard InChI is InChI=1S/C12H12N2O3S/c1-14(10-5-3-2-4-6-10)18(16,17)11-7-8-12(15)13-9-11/h2-9H,1H3,(H,13,15). The predicted molar refractivity (Wildman–Crippen MR) is 69.1 cm³/mol. The Hall–Kier alpha value is -2.08. The van der Waals surface area contributed by atoms with Crippen molar-refractivity contribution in [3.63, 3.8) is 0 Å². The molecule has 6 heteroatoms. The molecule has 0 atom stereocenters. The highest BCUT2D eigenvalue weighted by molar-refractivity contribution is 7.92. The van der Waals surface area contributed by atoms with Gasteiger partial charge in [-0.05, 0) is 18.2 Å². The molecule has 0 spiro atoms. The fourth-order valence-corrected chi connectivity index (χ4v) is 2.65. The molecular weight excluding hydrogens is 252 g/mol. The van der Waals surface area contributed by atoms with Crippen LogP contribution >= 0.6 is 0 Å². The number of anilines is 1. The van der Waals surface area contributed by atoms with E-state index in [-0.39, 0.29) is 10.5 Å². The van der Waals surface area contributed by atoms with Crippen LogP contribution in [0, 0.1) is 0 Å². The largest absolute Gasteiger partial charge is 0.328 e. The van der Waals surface area contributed by atoms with Gasteiger partial charge in [-0.25, -0.2) is 8.42 Å². The fourth-order valence-electron chi connectivity index (χ4n) is 1.49. The molecule has 0 aliphatic rings. The van der Waals surface area contributed by atoms with Crippen molar-refractivity contribution in [2.75, 3.05) is 11.4 Å². The Bertz CT molecular complexity index is 672. The number of sulfonamides is 1. The number of aromatic amines is 1. The molecule has 1 aromatic carbocycles. The van der Waals surface area contributed by atoms with E-state index >= 15 is 0 Å². The Morgan fingerprint density at radius 2 is 1.72 bits per heavy atom. The molecule has 2 rings (SSSR count). The van der Waals surface area contributed by atoms with E-state index in [4.69, 9.17) is 0 Å². The van der Waals surface area contributed by atoms with E-state index in [1.807, 2.05) is 6.07 Å². The molecule has 1 aromatic heterocycles. The average Bonchev–Trinajstić information content (AvgIpc) is 2.39. The topological polar surface area (TPSA) is 70.2 Å². The van der Waals surface area contributed by atoms with Crippen LogP contribution in [0.2, 0.25) is 0 Å². The zero-order valence-electron chi connectivity index (χ0n) is 9.70. The van der Waals surface area contributed by atoms with Crippen molar-refractivity contribution in [3.8, 4) is 0 Å². The molecule has 1 N–H and O–H groups in total. The first-order valence-electron chi connectivity index (χ1n) is 5.24. The fraction of sp³-hybridized carbons (Fsp3) is 0.0833. The highest BCUT2D eigenvalue weighted by Gasteiger charge is 2.20.